The second kappa shape index (κ2) is 6.36. The monoisotopic (exact) mass is 305 g/mol. The Balaban J connectivity index is 1.71. The number of carbonyl (C=O) groups is 2. The van der Waals surface area contributed by atoms with Gasteiger partial charge in [0.15, 0.2) is 0 Å². The average Bonchev–Trinajstić information content (AvgIpc) is 2.54. The molecule has 2 aliphatic rings. The lowest BCUT2D eigenvalue weighted by Gasteiger charge is -2.38. The smallest absolute Gasteiger partial charge is 0.305 e. The van der Waals surface area contributed by atoms with E-state index in [1.165, 1.54) is 0 Å². The fourth-order valence-electron chi connectivity index (χ4n) is 3.04. The third-order valence-electron chi connectivity index (χ3n) is 4.15. The minimum absolute atomic E-state index is 0.0379. The van der Waals surface area contributed by atoms with E-state index in [1.54, 1.807) is 4.90 Å². The van der Waals surface area contributed by atoms with Crippen molar-refractivity contribution in [3.63, 3.8) is 0 Å². The highest BCUT2D eigenvalue weighted by Gasteiger charge is 2.35. The van der Waals surface area contributed by atoms with Crippen molar-refractivity contribution in [2.45, 2.75) is 18.9 Å². The van der Waals surface area contributed by atoms with Crippen molar-refractivity contribution >= 4 is 11.9 Å². The number of benzene rings is 1. The number of ether oxygens (including phenoxy) is 2. The number of aliphatic carboxylic acids is 1. The number of carboxylic acid groups (broad SMARTS) is 1. The van der Waals surface area contributed by atoms with Crippen molar-refractivity contribution in [2.24, 2.45) is 5.92 Å². The van der Waals surface area contributed by atoms with Gasteiger partial charge in [0.1, 0.15) is 12.4 Å². The number of hydrogen-bond donors (Lipinski definition) is 1. The first-order valence-corrected chi connectivity index (χ1v) is 7.46. The summed E-state index contributed by atoms with van der Waals surface area (Å²) in [5.41, 5.74) is 1.02. The molecule has 1 aromatic carbocycles. The summed E-state index contributed by atoms with van der Waals surface area (Å²) in [7, 11) is 0. The van der Waals surface area contributed by atoms with Gasteiger partial charge in [-0.2, -0.15) is 0 Å². The van der Waals surface area contributed by atoms with Crippen molar-refractivity contribution in [1.29, 1.82) is 0 Å². The van der Waals surface area contributed by atoms with Crippen LogP contribution >= 0.6 is 0 Å². The zero-order chi connectivity index (χ0) is 15.5. The molecule has 22 heavy (non-hydrogen) atoms. The first kappa shape index (κ1) is 14.8. The molecule has 0 saturated carbocycles. The summed E-state index contributed by atoms with van der Waals surface area (Å²) in [6, 6.07) is 7.31. The molecule has 1 aromatic rings. The van der Waals surface area contributed by atoms with Crippen molar-refractivity contribution in [1.82, 2.24) is 4.90 Å². The van der Waals surface area contributed by atoms with E-state index in [4.69, 9.17) is 14.6 Å². The topological polar surface area (TPSA) is 76.1 Å². The highest BCUT2D eigenvalue weighted by Crippen LogP contribution is 2.28. The van der Waals surface area contributed by atoms with E-state index >= 15 is 0 Å². The van der Waals surface area contributed by atoms with E-state index in [0.29, 0.717) is 26.2 Å². The normalized spacial score (nSPS) is 24.3. The molecule has 0 spiro atoms. The number of nitrogens with zero attached hydrogens (tertiary/aromatic N) is 1. The van der Waals surface area contributed by atoms with E-state index in [9.17, 15) is 9.59 Å². The fourth-order valence-corrected chi connectivity index (χ4v) is 3.04. The SMILES string of the molecule is O=C(O)CC1COCCN1C(=O)C1COc2ccccc2C1. The molecule has 6 heteroatoms. The molecule has 1 amide bonds. The Morgan fingerprint density at radius 3 is 2.91 bits per heavy atom. The maximum atomic E-state index is 12.8. The number of carbonyl (C=O) groups excluding carboxylic acids is 1. The van der Waals surface area contributed by atoms with Crippen LogP contribution < -0.4 is 4.74 Å². The summed E-state index contributed by atoms with van der Waals surface area (Å²) in [6.45, 7) is 1.51. The summed E-state index contributed by atoms with van der Waals surface area (Å²) in [6.07, 6.45) is 0.544. The molecule has 1 saturated heterocycles. The van der Waals surface area contributed by atoms with Crippen LogP contribution in [0.3, 0.4) is 0 Å². The van der Waals surface area contributed by atoms with Crippen LogP contribution in [0.25, 0.3) is 0 Å². The van der Waals surface area contributed by atoms with E-state index < -0.39 is 12.0 Å². The number of hydrogen-bond acceptors (Lipinski definition) is 4. The van der Waals surface area contributed by atoms with Crippen molar-refractivity contribution in [3.8, 4) is 5.75 Å². The van der Waals surface area contributed by atoms with Crippen LogP contribution in [0.15, 0.2) is 24.3 Å². The maximum Gasteiger partial charge on any atom is 0.305 e. The van der Waals surface area contributed by atoms with Crippen molar-refractivity contribution in [3.05, 3.63) is 29.8 Å². The molecule has 2 unspecified atom stereocenters. The number of carboxylic acids is 1. The highest BCUT2D eigenvalue weighted by atomic mass is 16.5. The third-order valence-corrected chi connectivity index (χ3v) is 4.15. The lowest BCUT2D eigenvalue weighted by atomic mass is 9.94. The lowest BCUT2D eigenvalue weighted by Crippen LogP contribution is -2.52. The van der Waals surface area contributed by atoms with Crippen LogP contribution in [0.2, 0.25) is 0 Å². The number of fused-ring (bicyclic) bond motifs is 1. The summed E-state index contributed by atoms with van der Waals surface area (Å²) in [5, 5.41) is 8.99. The Kier molecular flexibility index (Phi) is 4.29. The van der Waals surface area contributed by atoms with Crippen LogP contribution in [0.1, 0.15) is 12.0 Å². The number of amides is 1. The van der Waals surface area contributed by atoms with Gasteiger partial charge >= 0.3 is 5.97 Å². The fraction of sp³-hybridized carbons (Fsp3) is 0.500. The Labute approximate surface area is 128 Å². The average molecular weight is 305 g/mol. The van der Waals surface area contributed by atoms with E-state index in [0.717, 1.165) is 11.3 Å². The summed E-state index contributed by atoms with van der Waals surface area (Å²) >= 11 is 0. The molecule has 0 aromatic heterocycles. The highest BCUT2D eigenvalue weighted by molar-refractivity contribution is 5.81. The van der Waals surface area contributed by atoms with Crippen LogP contribution in [0, 0.1) is 5.92 Å². The second-order valence-electron chi connectivity index (χ2n) is 5.68. The van der Waals surface area contributed by atoms with E-state index in [-0.39, 0.29) is 24.9 Å². The van der Waals surface area contributed by atoms with Gasteiger partial charge in [-0.05, 0) is 18.1 Å². The maximum absolute atomic E-state index is 12.8. The molecule has 118 valence electrons. The van der Waals surface area contributed by atoms with E-state index in [1.807, 2.05) is 24.3 Å². The van der Waals surface area contributed by atoms with E-state index in [2.05, 4.69) is 0 Å². The van der Waals surface area contributed by atoms with Gasteiger partial charge in [-0.1, -0.05) is 18.2 Å². The van der Waals surface area contributed by atoms with Crippen LogP contribution in [-0.2, 0) is 20.7 Å². The van der Waals surface area contributed by atoms with Gasteiger partial charge in [-0.15, -0.1) is 0 Å². The van der Waals surface area contributed by atoms with Gasteiger partial charge in [0.25, 0.3) is 0 Å². The van der Waals surface area contributed by atoms with Gasteiger partial charge in [-0.3, -0.25) is 9.59 Å². The molecule has 3 rings (SSSR count). The number of para-hydroxylation sites is 1. The molecule has 2 heterocycles. The molecule has 1 fully saturated rings. The van der Waals surface area contributed by atoms with Crippen LogP contribution in [0.4, 0.5) is 0 Å². The van der Waals surface area contributed by atoms with Gasteiger partial charge in [0.05, 0.1) is 31.6 Å². The van der Waals surface area contributed by atoms with Crippen molar-refractivity contribution in [2.75, 3.05) is 26.4 Å². The van der Waals surface area contributed by atoms with Gasteiger partial charge < -0.3 is 19.5 Å². The minimum Gasteiger partial charge on any atom is -0.492 e. The summed E-state index contributed by atoms with van der Waals surface area (Å²) in [5.74, 6) is -0.387. The summed E-state index contributed by atoms with van der Waals surface area (Å²) < 4.78 is 11.0. The molecule has 1 N–H and O–H groups in total. The van der Waals surface area contributed by atoms with Crippen LogP contribution in [-0.4, -0.2) is 54.3 Å². The third kappa shape index (κ3) is 3.06. The molecule has 6 nitrogen and oxygen atoms in total. The Bertz CT molecular complexity index is 573. The second-order valence-corrected chi connectivity index (χ2v) is 5.68. The predicted octanol–water partition coefficient (Wildman–Crippen LogP) is 0.940. The Morgan fingerprint density at radius 2 is 2.09 bits per heavy atom. The molecule has 0 radical (unpaired) electrons. The standard InChI is InChI=1S/C16H19NO5/c18-15(19)8-13-10-21-6-5-17(13)16(20)12-7-11-3-1-2-4-14(11)22-9-12/h1-4,12-13H,5-10H2,(H,18,19). The van der Waals surface area contributed by atoms with Gasteiger partial charge in [0.2, 0.25) is 5.91 Å². The summed E-state index contributed by atoms with van der Waals surface area (Å²) in [4.78, 5) is 25.4. The molecule has 0 bridgehead atoms. The van der Waals surface area contributed by atoms with Crippen molar-refractivity contribution < 1.29 is 24.2 Å². The van der Waals surface area contributed by atoms with Gasteiger partial charge in [-0.25, -0.2) is 0 Å². The Morgan fingerprint density at radius 1 is 1.27 bits per heavy atom. The Hall–Kier alpha value is -2.08. The number of morpholine rings is 1. The number of rotatable bonds is 3. The molecule has 2 atom stereocenters. The molecular formula is C16H19NO5. The molecular weight excluding hydrogens is 286 g/mol. The first-order chi connectivity index (χ1) is 10.6. The quantitative estimate of drug-likeness (QED) is 0.899. The predicted molar refractivity (Wildman–Crippen MR) is 77.7 cm³/mol. The first-order valence-electron chi connectivity index (χ1n) is 7.46. The largest absolute Gasteiger partial charge is 0.492 e. The molecule has 0 aliphatic carbocycles. The lowest BCUT2D eigenvalue weighted by molar-refractivity contribution is -0.150. The zero-order valence-electron chi connectivity index (χ0n) is 12.2. The molecule has 2 aliphatic heterocycles. The van der Waals surface area contributed by atoms with Gasteiger partial charge in [0, 0.05) is 6.54 Å². The zero-order valence-corrected chi connectivity index (χ0v) is 12.2. The van der Waals surface area contributed by atoms with Crippen LogP contribution in [0.5, 0.6) is 5.75 Å². The minimum atomic E-state index is -0.918.